The number of sulfonamides is 1. The zero-order valence-electron chi connectivity index (χ0n) is 10.8. The molecule has 0 bridgehead atoms. The molecule has 1 N–H and O–H groups in total. The maximum atomic E-state index is 12.5. The molecule has 1 saturated heterocycles. The van der Waals surface area contributed by atoms with Crippen molar-refractivity contribution in [3.63, 3.8) is 0 Å². The molecule has 0 spiro atoms. The van der Waals surface area contributed by atoms with Crippen LogP contribution in [0.25, 0.3) is 0 Å². The van der Waals surface area contributed by atoms with Crippen LogP contribution in [0.5, 0.6) is 0 Å². The van der Waals surface area contributed by atoms with Gasteiger partial charge in [0.25, 0.3) is 10.0 Å². The zero-order valence-corrected chi connectivity index (χ0v) is 14.1. The van der Waals surface area contributed by atoms with Crippen LogP contribution in [0.2, 0.25) is 4.34 Å². The van der Waals surface area contributed by atoms with Crippen molar-refractivity contribution in [3.8, 4) is 0 Å². The molecule has 110 valence electrons. The van der Waals surface area contributed by atoms with Gasteiger partial charge in [0, 0.05) is 19.1 Å². The monoisotopic (exact) mass is 344 g/mol. The van der Waals surface area contributed by atoms with Gasteiger partial charge in [0.2, 0.25) is 0 Å². The predicted octanol–water partition coefficient (Wildman–Crippen LogP) is 2.50. The number of nitrogens with zero attached hydrogens (tertiary/aromatic N) is 1. The lowest BCUT2D eigenvalue weighted by Crippen LogP contribution is -2.46. The summed E-state index contributed by atoms with van der Waals surface area (Å²) in [5, 5.41) is 3.15. The lowest BCUT2D eigenvalue weighted by atomic mass is 10.1. The number of hydrogen-bond acceptors (Lipinski definition) is 4. The van der Waals surface area contributed by atoms with E-state index < -0.39 is 10.0 Å². The van der Waals surface area contributed by atoms with Gasteiger partial charge in [-0.3, -0.25) is 0 Å². The zero-order chi connectivity index (χ0) is 13.3. The van der Waals surface area contributed by atoms with Crippen LogP contribution in [0, 0.1) is 6.92 Å². The van der Waals surface area contributed by atoms with E-state index in [4.69, 9.17) is 11.6 Å². The highest BCUT2D eigenvalue weighted by atomic mass is 35.5. The highest BCUT2D eigenvalue weighted by Gasteiger charge is 2.31. The predicted molar refractivity (Wildman–Crippen MR) is 82.2 cm³/mol. The summed E-state index contributed by atoms with van der Waals surface area (Å²) in [6.07, 6.45) is 1.91. The van der Waals surface area contributed by atoms with Gasteiger partial charge in [-0.15, -0.1) is 23.7 Å². The Bertz CT molecular complexity index is 511. The first-order valence-electron chi connectivity index (χ1n) is 5.88. The van der Waals surface area contributed by atoms with Crippen LogP contribution in [-0.2, 0) is 10.0 Å². The summed E-state index contributed by atoms with van der Waals surface area (Å²) < 4.78 is 27.4. The fraction of sp³-hybridized carbons (Fsp3) is 0.636. The normalized spacial score (nSPS) is 21.1. The Kier molecular flexibility index (Phi) is 6.10. The maximum absolute atomic E-state index is 12.5. The molecule has 8 heteroatoms. The summed E-state index contributed by atoms with van der Waals surface area (Å²) in [4.78, 5) is 0. The van der Waals surface area contributed by atoms with Gasteiger partial charge in [0.1, 0.15) is 4.21 Å². The molecule has 1 aromatic heterocycles. The number of piperidine rings is 1. The second-order valence-electron chi connectivity index (χ2n) is 4.51. The average molecular weight is 345 g/mol. The minimum Gasteiger partial charge on any atom is -0.316 e. The summed E-state index contributed by atoms with van der Waals surface area (Å²) in [5.41, 5.74) is 0.822. The number of hydrogen-bond donors (Lipinski definition) is 1. The molecule has 2 rings (SSSR count). The first kappa shape index (κ1) is 17.2. The topological polar surface area (TPSA) is 49.4 Å². The molecular formula is C11H18Cl2N2O2S2. The van der Waals surface area contributed by atoms with Crippen molar-refractivity contribution in [1.29, 1.82) is 0 Å². The van der Waals surface area contributed by atoms with E-state index in [1.807, 2.05) is 14.0 Å². The Balaban J connectivity index is 0.00000180. The van der Waals surface area contributed by atoms with Crippen LogP contribution in [-0.4, -0.2) is 38.9 Å². The first-order chi connectivity index (χ1) is 8.45. The van der Waals surface area contributed by atoms with Crippen molar-refractivity contribution in [1.82, 2.24) is 9.62 Å². The second-order valence-corrected chi connectivity index (χ2v) is 8.33. The Labute approximate surface area is 129 Å². The van der Waals surface area contributed by atoms with Gasteiger partial charge in [-0.1, -0.05) is 11.6 Å². The average Bonchev–Trinajstić information content (AvgIpc) is 2.70. The van der Waals surface area contributed by atoms with Gasteiger partial charge in [-0.05, 0) is 38.4 Å². The molecule has 1 atom stereocenters. The van der Waals surface area contributed by atoms with E-state index in [1.54, 1.807) is 10.4 Å². The van der Waals surface area contributed by atoms with Crippen LogP contribution in [0.3, 0.4) is 0 Å². The number of likely N-dealkylation sites (N-methyl/N-ethyl adjacent to an activating group) is 1. The van der Waals surface area contributed by atoms with Gasteiger partial charge in [-0.25, -0.2) is 8.42 Å². The van der Waals surface area contributed by atoms with Gasteiger partial charge in [-0.2, -0.15) is 4.31 Å². The highest BCUT2D eigenvalue weighted by molar-refractivity contribution is 7.91. The molecule has 1 unspecified atom stereocenters. The summed E-state index contributed by atoms with van der Waals surface area (Å²) >= 11 is 7.09. The molecule has 1 aromatic rings. The number of nitrogens with one attached hydrogen (secondary N) is 1. The quantitative estimate of drug-likeness (QED) is 0.916. The molecule has 0 amide bonds. The molecule has 2 heterocycles. The lowest BCUT2D eigenvalue weighted by Gasteiger charge is -2.31. The highest BCUT2D eigenvalue weighted by Crippen LogP contribution is 2.32. The number of thiophene rings is 1. The van der Waals surface area contributed by atoms with Gasteiger partial charge in [0.05, 0.1) is 4.34 Å². The van der Waals surface area contributed by atoms with Crippen LogP contribution in [0.1, 0.15) is 18.4 Å². The van der Waals surface area contributed by atoms with E-state index in [0.717, 1.165) is 29.7 Å². The van der Waals surface area contributed by atoms with Crippen molar-refractivity contribution < 1.29 is 8.42 Å². The van der Waals surface area contributed by atoms with E-state index in [2.05, 4.69) is 5.32 Å². The molecule has 1 aliphatic heterocycles. The standard InChI is InChI=1S/C11H17ClN2O2S2.ClH/c1-8-6-10(17-11(8)12)18(15,16)14-5-3-4-9(7-14)13-2;/h6,9,13H,3-5,7H2,1-2H3;1H. The van der Waals surface area contributed by atoms with Crippen LogP contribution >= 0.6 is 35.3 Å². The number of aryl methyl sites for hydroxylation is 1. The Hall–Kier alpha value is 0.150. The minimum absolute atomic E-state index is 0. The third kappa shape index (κ3) is 3.62. The van der Waals surface area contributed by atoms with Crippen molar-refractivity contribution in [2.75, 3.05) is 20.1 Å². The third-order valence-corrected chi connectivity index (χ3v) is 7.09. The van der Waals surface area contributed by atoms with Gasteiger partial charge < -0.3 is 5.32 Å². The van der Waals surface area contributed by atoms with E-state index in [-0.39, 0.29) is 18.4 Å². The summed E-state index contributed by atoms with van der Waals surface area (Å²) in [6.45, 7) is 2.95. The maximum Gasteiger partial charge on any atom is 0.252 e. The van der Waals surface area contributed by atoms with Crippen molar-refractivity contribution in [2.45, 2.75) is 30.0 Å². The Morgan fingerprint density at radius 3 is 2.74 bits per heavy atom. The molecule has 0 aliphatic carbocycles. The van der Waals surface area contributed by atoms with E-state index in [0.29, 0.717) is 21.6 Å². The third-order valence-electron chi connectivity index (χ3n) is 3.22. The van der Waals surface area contributed by atoms with Gasteiger partial charge in [0.15, 0.2) is 0 Å². The van der Waals surface area contributed by atoms with E-state index in [1.165, 1.54) is 0 Å². The van der Waals surface area contributed by atoms with Crippen LogP contribution < -0.4 is 5.32 Å². The van der Waals surface area contributed by atoms with Crippen LogP contribution in [0.4, 0.5) is 0 Å². The first-order valence-corrected chi connectivity index (χ1v) is 8.52. The number of halogens is 2. The molecule has 1 aliphatic rings. The molecule has 0 aromatic carbocycles. The summed E-state index contributed by atoms with van der Waals surface area (Å²) in [5.74, 6) is 0. The molecule has 0 saturated carbocycles. The largest absolute Gasteiger partial charge is 0.316 e. The van der Waals surface area contributed by atoms with E-state index >= 15 is 0 Å². The molecule has 1 fully saturated rings. The summed E-state index contributed by atoms with van der Waals surface area (Å²) in [6, 6.07) is 1.90. The fourth-order valence-electron chi connectivity index (χ4n) is 2.08. The molecular weight excluding hydrogens is 327 g/mol. The minimum atomic E-state index is -3.38. The molecule has 19 heavy (non-hydrogen) atoms. The Morgan fingerprint density at radius 1 is 1.53 bits per heavy atom. The SMILES string of the molecule is CNC1CCCN(S(=O)(=O)c2cc(C)c(Cl)s2)C1.Cl. The molecule has 0 radical (unpaired) electrons. The lowest BCUT2D eigenvalue weighted by molar-refractivity contribution is 0.293. The number of rotatable bonds is 3. The van der Waals surface area contributed by atoms with E-state index in [9.17, 15) is 8.42 Å². The van der Waals surface area contributed by atoms with Gasteiger partial charge >= 0.3 is 0 Å². The van der Waals surface area contributed by atoms with Crippen molar-refractivity contribution in [2.24, 2.45) is 0 Å². The smallest absolute Gasteiger partial charge is 0.252 e. The van der Waals surface area contributed by atoms with Crippen molar-refractivity contribution >= 4 is 45.4 Å². The molecule has 4 nitrogen and oxygen atoms in total. The second kappa shape index (κ2) is 6.74. The Morgan fingerprint density at radius 2 is 2.21 bits per heavy atom. The van der Waals surface area contributed by atoms with Crippen LogP contribution in [0.15, 0.2) is 10.3 Å². The summed E-state index contributed by atoms with van der Waals surface area (Å²) in [7, 11) is -1.51. The van der Waals surface area contributed by atoms with Crippen molar-refractivity contribution in [3.05, 3.63) is 16.0 Å². The fourth-order valence-corrected chi connectivity index (χ4v) is 5.47.